The van der Waals surface area contributed by atoms with E-state index in [0.29, 0.717) is 30.8 Å². The second kappa shape index (κ2) is 10.9. The molecule has 32 heavy (non-hydrogen) atoms. The molecule has 3 aromatic rings. The third-order valence-corrected chi connectivity index (χ3v) is 5.60. The molecule has 0 aliphatic rings. The lowest BCUT2D eigenvalue weighted by Gasteiger charge is -2.12. The Balaban J connectivity index is 1.88. The Morgan fingerprint density at radius 2 is 1.38 bits per heavy atom. The van der Waals surface area contributed by atoms with Gasteiger partial charge in [-0.15, -0.1) is 0 Å². The topological polar surface area (TPSA) is 53.2 Å². The molecule has 0 atom stereocenters. The van der Waals surface area contributed by atoms with Crippen LogP contribution in [0.15, 0.2) is 53.3 Å². The van der Waals surface area contributed by atoms with Gasteiger partial charge in [0, 0.05) is 31.1 Å². The lowest BCUT2D eigenvalue weighted by molar-refractivity contribution is -0.140. The summed E-state index contributed by atoms with van der Waals surface area (Å²) in [5.74, 6) is -1.15. The van der Waals surface area contributed by atoms with Crippen molar-refractivity contribution in [1.29, 1.82) is 0 Å². The summed E-state index contributed by atoms with van der Waals surface area (Å²) in [6.45, 7) is 0.391. The van der Waals surface area contributed by atoms with Crippen molar-refractivity contribution in [1.82, 2.24) is 9.13 Å². The first kappa shape index (κ1) is 23.4. The van der Waals surface area contributed by atoms with Gasteiger partial charge in [-0.1, -0.05) is 43.5 Å². The highest BCUT2D eigenvalue weighted by Gasteiger charge is 2.24. The quantitative estimate of drug-likeness (QED) is 0.316. The van der Waals surface area contributed by atoms with Crippen LogP contribution in [0.5, 0.6) is 0 Å². The normalized spacial score (nSPS) is 11.0. The van der Waals surface area contributed by atoms with Crippen LogP contribution in [0, 0.1) is 11.6 Å². The van der Waals surface area contributed by atoms with Crippen LogP contribution in [0.4, 0.5) is 8.78 Å². The van der Waals surface area contributed by atoms with Crippen LogP contribution in [-0.4, -0.2) is 22.2 Å². The number of nitrogens with zero attached hydrogens (tertiary/aromatic N) is 2. The van der Waals surface area contributed by atoms with Crippen molar-refractivity contribution in [2.45, 2.75) is 45.1 Å². The van der Waals surface area contributed by atoms with E-state index < -0.39 is 11.6 Å². The third kappa shape index (κ3) is 5.15. The van der Waals surface area contributed by atoms with Crippen molar-refractivity contribution >= 4 is 5.97 Å². The number of halogens is 2. The Bertz CT molecular complexity index is 1130. The maximum absolute atomic E-state index is 14.8. The molecule has 0 aliphatic carbocycles. The van der Waals surface area contributed by atoms with E-state index in [0.717, 1.165) is 25.7 Å². The molecule has 0 saturated heterocycles. The van der Waals surface area contributed by atoms with Gasteiger partial charge in [-0.2, -0.15) is 0 Å². The van der Waals surface area contributed by atoms with E-state index in [2.05, 4.69) is 4.74 Å². The zero-order valence-electron chi connectivity index (χ0n) is 18.4. The molecule has 5 nitrogen and oxygen atoms in total. The number of hydrogen-bond donors (Lipinski definition) is 0. The van der Waals surface area contributed by atoms with Gasteiger partial charge >= 0.3 is 11.7 Å². The summed E-state index contributed by atoms with van der Waals surface area (Å²) in [6.07, 6.45) is 4.52. The number of hydrogen-bond acceptors (Lipinski definition) is 3. The Hall–Kier alpha value is -3.22. The first-order chi connectivity index (χ1) is 15.5. The van der Waals surface area contributed by atoms with Gasteiger partial charge in [0.2, 0.25) is 0 Å². The Labute approximate surface area is 186 Å². The number of esters is 1. The minimum Gasteiger partial charge on any atom is -0.469 e. The number of carbonyl (C=O) groups is 1. The standard InChI is InChI=1S/C25H28F2N2O3/c1-28-23(18-12-7-9-14-20(18)26)24(19-13-8-10-15-21(19)27)29(25(28)31)17-11-5-3-4-6-16-22(30)32-2/h7-10,12-15H,3-6,11,16-17H2,1-2H3. The van der Waals surface area contributed by atoms with Gasteiger partial charge in [-0.25, -0.2) is 13.6 Å². The van der Waals surface area contributed by atoms with Gasteiger partial charge in [-0.05, 0) is 37.1 Å². The summed E-state index contributed by atoms with van der Waals surface area (Å²) in [5.41, 5.74) is 0.948. The fourth-order valence-corrected chi connectivity index (χ4v) is 3.93. The van der Waals surface area contributed by atoms with Crippen molar-refractivity contribution in [3.05, 3.63) is 70.6 Å². The van der Waals surface area contributed by atoms with Gasteiger partial charge in [0.15, 0.2) is 0 Å². The van der Waals surface area contributed by atoms with E-state index >= 15 is 0 Å². The van der Waals surface area contributed by atoms with Gasteiger partial charge in [0.1, 0.15) is 11.6 Å². The van der Waals surface area contributed by atoms with E-state index in [1.54, 1.807) is 43.4 Å². The molecule has 0 saturated carbocycles. The van der Waals surface area contributed by atoms with E-state index in [1.807, 2.05) is 0 Å². The number of unbranched alkanes of at least 4 members (excludes halogenated alkanes) is 4. The molecule has 0 aliphatic heterocycles. The number of rotatable bonds is 10. The molecule has 170 valence electrons. The minimum absolute atomic E-state index is 0.212. The molecule has 0 unspecified atom stereocenters. The molecule has 3 rings (SSSR count). The molecule has 0 N–H and O–H groups in total. The summed E-state index contributed by atoms with van der Waals surface area (Å²) in [6, 6.07) is 12.4. The Morgan fingerprint density at radius 3 is 1.97 bits per heavy atom. The number of ether oxygens (including phenoxy) is 1. The van der Waals surface area contributed by atoms with Gasteiger partial charge < -0.3 is 4.74 Å². The molecule has 0 radical (unpaired) electrons. The van der Waals surface area contributed by atoms with Gasteiger partial charge in [-0.3, -0.25) is 13.9 Å². The van der Waals surface area contributed by atoms with Crippen molar-refractivity contribution in [2.24, 2.45) is 7.05 Å². The highest BCUT2D eigenvalue weighted by molar-refractivity contribution is 5.79. The fourth-order valence-electron chi connectivity index (χ4n) is 3.93. The molecule has 0 spiro atoms. The molecule has 7 heteroatoms. The van der Waals surface area contributed by atoms with Crippen LogP contribution in [-0.2, 0) is 23.1 Å². The van der Waals surface area contributed by atoms with Crippen molar-refractivity contribution in [3.63, 3.8) is 0 Å². The second-order valence-electron chi connectivity index (χ2n) is 7.74. The predicted octanol–water partition coefficient (Wildman–Crippen LogP) is 5.31. The van der Waals surface area contributed by atoms with Crippen LogP contribution >= 0.6 is 0 Å². The van der Waals surface area contributed by atoms with Gasteiger partial charge in [0.25, 0.3) is 0 Å². The first-order valence-electron chi connectivity index (χ1n) is 10.8. The van der Waals surface area contributed by atoms with Crippen molar-refractivity contribution in [3.8, 4) is 22.5 Å². The van der Waals surface area contributed by atoms with Crippen LogP contribution in [0.1, 0.15) is 38.5 Å². The maximum atomic E-state index is 14.8. The van der Waals surface area contributed by atoms with Crippen LogP contribution in [0.3, 0.4) is 0 Å². The van der Waals surface area contributed by atoms with Crippen LogP contribution in [0.25, 0.3) is 22.5 Å². The highest BCUT2D eigenvalue weighted by atomic mass is 19.1. The molecule has 1 aromatic heterocycles. The number of benzene rings is 2. The largest absolute Gasteiger partial charge is 0.469 e. The molecular weight excluding hydrogens is 414 g/mol. The van der Waals surface area contributed by atoms with Crippen molar-refractivity contribution in [2.75, 3.05) is 7.11 Å². The lowest BCUT2D eigenvalue weighted by Crippen LogP contribution is -2.23. The fraction of sp³-hybridized carbons (Fsp3) is 0.360. The number of aromatic nitrogens is 2. The van der Waals surface area contributed by atoms with Crippen LogP contribution in [0.2, 0.25) is 0 Å². The number of imidazole rings is 1. The summed E-state index contributed by atoms with van der Waals surface area (Å²) in [7, 11) is 2.96. The van der Waals surface area contributed by atoms with Crippen LogP contribution < -0.4 is 5.69 Å². The average molecular weight is 443 g/mol. The molecule has 1 heterocycles. The molecule has 2 aromatic carbocycles. The van der Waals surface area contributed by atoms with Crippen molar-refractivity contribution < 1.29 is 18.3 Å². The summed E-state index contributed by atoms with van der Waals surface area (Å²) >= 11 is 0. The summed E-state index contributed by atoms with van der Waals surface area (Å²) < 4.78 is 37.0. The monoisotopic (exact) mass is 442 g/mol. The predicted molar refractivity (Wildman–Crippen MR) is 120 cm³/mol. The zero-order chi connectivity index (χ0) is 23.1. The summed E-state index contributed by atoms with van der Waals surface area (Å²) in [4.78, 5) is 24.3. The molecule has 0 fully saturated rings. The number of methoxy groups -OCH3 is 1. The lowest BCUT2D eigenvalue weighted by atomic mass is 10.0. The van der Waals surface area contributed by atoms with E-state index in [1.165, 1.54) is 28.4 Å². The summed E-state index contributed by atoms with van der Waals surface area (Å²) in [5, 5.41) is 0. The molecule has 0 bridgehead atoms. The number of carbonyl (C=O) groups excluding carboxylic acids is 1. The third-order valence-electron chi connectivity index (χ3n) is 5.60. The van der Waals surface area contributed by atoms with E-state index in [-0.39, 0.29) is 22.8 Å². The second-order valence-corrected chi connectivity index (χ2v) is 7.74. The molecule has 0 amide bonds. The van der Waals surface area contributed by atoms with E-state index in [4.69, 9.17) is 0 Å². The molecular formula is C25H28F2N2O3. The SMILES string of the molecule is COC(=O)CCCCCCCn1c(-c2ccccc2F)c(-c2ccccc2F)n(C)c1=O. The van der Waals surface area contributed by atoms with E-state index in [9.17, 15) is 18.4 Å². The average Bonchev–Trinajstić information content (AvgIpc) is 3.03. The first-order valence-corrected chi connectivity index (χ1v) is 10.8. The smallest absolute Gasteiger partial charge is 0.328 e. The van der Waals surface area contributed by atoms with Gasteiger partial charge in [0.05, 0.1) is 18.5 Å². The minimum atomic E-state index is -0.469. The Morgan fingerprint density at radius 1 is 0.844 bits per heavy atom. The zero-order valence-corrected chi connectivity index (χ0v) is 18.4. The maximum Gasteiger partial charge on any atom is 0.328 e. The Kier molecular flexibility index (Phi) is 7.98. The highest BCUT2D eigenvalue weighted by Crippen LogP contribution is 2.34.